The van der Waals surface area contributed by atoms with Gasteiger partial charge in [-0.05, 0) is 48.7 Å². The van der Waals surface area contributed by atoms with Gasteiger partial charge in [-0.1, -0.05) is 12.1 Å². The van der Waals surface area contributed by atoms with E-state index in [1.165, 1.54) is 16.5 Å². The monoisotopic (exact) mass is 235 g/mol. The van der Waals surface area contributed by atoms with Gasteiger partial charge in [-0.2, -0.15) is 0 Å². The van der Waals surface area contributed by atoms with E-state index in [2.05, 4.69) is 23.7 Å². The van der Waals surface area contributed by atoms with Gasteiger partial charge in [0.2, 0.25) is 0 Å². The van der Waals surface area contributed by atoms with Gasteiger partial charge in [-0.15, -0.1) is 11.3 Å². The number of thiophene rings is 1. The van der Waals surface area contributed by atoms with Crippen molar-refractivity contribution in [3.8, 4) is 0 Å². The van der Waals surface area contributed by atoms with Crippen LogP contribution in [0.3, 0.4) is 0 Å². The quantitative estimate of drug-likeness (QED) is 0.858. The fraction of sp³-hybridized carbons (Fsp3) is 0.231. The molecular formula is C13H14FNS. The molecule has 2 rings (SSSR count). The van der Waals surface area contributed by atoms with Crippen molar-refractivity contribution in [1.29, 1.82) is 0 Å². The predicted molar refractivity (Wildman–Crippen MR) is 66.4 cm³/mol. The van der Waals surface area contributed by atoms with Crippen LogP contribution >= 0.6 is 11.3 Å². The van der Waals surface area contributed by atoms with Crippen LogP contribution in [0.2, 0.25) is 0 Å². The first-order valence-corrected chi connectivity index (χ1v) is 6.06. The summed E-state index contributed by atoms with van der Waals surface area (Å²) in [6.45, 7) is 2.08. The molecule has 0 bridgehead atoms. The predicted octanol–water partition coefficient (Wildman–Crippen LogP) is 3.50. The number of hydrogen-bond donors (Lipinski definition) is 1. The van der Waals surface area contributed by atoms with Gasteiger partial charge in [0, 0.05) is 4.88 Å². The molecule has 0 aliphatic heterocycles. The van der Waals surface area contributed by atoms with Gasteiger partial charge in [0.05, 0.1) is 6.04 Å². The second-order valence-corrected chi connectivity index (χ2v) is 4.88. The Morgan fingerprint density at radius 1 is 1.25 bits per heavy atom. The summed E-state index contributed by atoms with van der Waals surface area (Å²) < 4.78 is 13.2. The molecule has 16 heavy (non-hydrogen) atoms. The second-order valence-electron chi connectivity index (χ2n) is 3.77. The lowest BCUT2D eigenvalue weighted by atomic mass is 10.0. The van der Waals surface area contributed by atoms with E-state index in [1.54, 1.807) is 23.5 Å². The zero-order chi connectivity index (χ0) is 11.5. The molecule has 0 spiro atoms. The highest BCUT2D eigenvalue weighted by Crippen LogP contribution is 2.26. The normalized spacial score (nSPS) is 12.7. The number of rotatable bonds is 3. The first-order chi connectivity index (χ1) is 7.70. The van der Waals surface area contributed by atoms with Crippen molar-refractivity contribution in [2.24, 2.45) is 0 Å². The molecule has 1 aromatic carbocycles. The number of halogens is 1. The third-order valence-electron chi connectivity index (χ3n) is 2.55. The summed E-state index contributed by atoms with van der Waals surface area (Å²) in [5.41, 5.74) is 2.15. The Labute approximate surface area is 98.9 Å². The van der Waals surface area contributed by atoms with E-state index in [1.807, 2.05) is 13.1 Å². The molecular weight excluding hydrogens is 221 g/mol. The first-order valence-electron chi connectivity index (χ1n) is 5.18. The summed E-state index contributed by atoms with van der Waals surface area (Å²) in [6, 6.07) is 8.94. The van der Waals surface area contributed by atoms with Crippen LogP contribution in [0.5, 0.6) is 0 Å². The second kappa shape index (κ2) is 4.76. The standard InChI is InChI=1S/C13H14FNS/c1-9-6-11(8-16-9)13(15-2)10-4-3-5-12(14)7-10/h3-8,13,15H,1-2H3. The molecule has 0 aliphatic rings. The minimum Gasteiger partial charge on any atom is -0.309 e. The van der Waals surface area contributed by atoms with Crippen molar-refractivity contribution in [1.82, 2.24) is 5.32 Å². The molecule has 0 fully saturated rings. The molecule has 0 saturated heterocycles. The molecule has 3 heteroatoms. The summed E-state index contributed by atoms with van der Waals surface area (Å²) in [5, 5.41) is 5.33. The minimum absolute atomic E-state index is 0.0700. The number of nitrogens with one attached hydrogen (secondary N) is 1. The Morgan fingerprint density at radius 3 is 2.62 bits per heavy atom. The average molecular weight is 235 g/mol. The molecule has 1 N–H and O–H groups in total. The maximum Gasteiger partial charge on any atom is 0.123 e. The van der Waals surface area contributed by atoms with Gasteiger partial charge in [0.1, 0.15) is 5.82 Å². The van der Waals surface area contributed by atoms with Crippen molar-refractivity contribution in [3.05, 3.63) is 57.5 Å². The zero-order valence-electron chi connectivity index (χ0n) is 9.33. The van der Waals surface area contributed by atoms with Gasteiger partial charge in [-0.3, -0.25) is 0 Å². The molecule has 84 valence electrons. The lowest BCUT2D eigenvalue weighted by Crippen LogP contribution is -2.17. The molecule has 1 heterocycles. The maximum absolute atomic E-state index is 13.2. The number of hydrogen-bond acceptors (Lipinski definition) is 2. The molecule has 2 aromatic rings. The summed E-state index contributed by atoms with van der Waals surface area (Å²) in [6.07, 6.45) is 0. The van der Waals surface area contributed by atoms with E-state index in [4.69, 9.17) is 0 Å². The summed E-state index contributed by atoms with van der Waals surface area (Å²) in [4.78, 5) is 1.27. The Morgan fingerprint density at radius 2 is 2.06 bits per heavy atom. The molecule has 0 amide bonds. The number of aryl methyl sites for hydroxylation is 1. The first kappa shape index (κ1) is 11.3. The van der Waals surface area contributed by atoms with Gasteiger partial charge >= 0.3 is 0 Å². The topological polar surface area (TPSA) is 12.0 Å². The van der Waals surface area contributed by atoms with Gasteiger partial charge < -0.3 is 5.32 Å². The Balaban J connectivity index is 2.36. The van der Waals surface area contributed by atoms with Crippen LogP contribution in [0.25, 0.3) is 0 Å². The van der Waals surface area contributed by atoms with E-state index in [9.17, 15) is 4.39 Å². The fourth-order valence-corrected chi connectivity index (χ4v) is 2.56. The van der Waals surface area contributed by atoms with Crippen LogP contribution in [0, 0.1) is 12.7 Å². The summed E-state index contributed by atoms with van der Waals surface area (Å²) >= 11 is 1.71. The third-order valence-corrected chi connectivity index (χ3v) is 3.43. The lowest BCUT2D eigenvalue weighted by Gasteiger charge is -2.15. The smallest absolute Gasteiger partial charge is 0.123 e. The third kappa shape index (κ3) is 2.31. The van der Waals surface area contributed by atoms with E-state index in [0.717, 1.165) is 5.56 Å². The summed E-state index contributed by atoms with van der Waals surface area (Å²) in [7, 11) is 1.89. The molecule has 0 radical (unpaired) electrons. The highest BCUT2D eigenvalue weighted by Gasteiger charge is 2.13. The summed E-state index contributed by atoms with van der Waals surface area (Å²) in [5.74, 6) is -0.190. The highest BCUT2D eigenvalue weighted by atomic mass is 32.1. The largest absolute Gasteiger partial charge is 0.309 e. The Hall–Kier alpha value is -1.19. The fourth-order valence-electron chi connectivity index (χ4n) is 1.83. The van der Waals surface area contributed by atoms with E-state index < -0.39 is 0 Å². The van der Waals surface area contributed by atoms with Crippen molar-refractivity contribution >= 4 is 11.3 Å². The van der Waals surface area contributed by atoms with Crippen molar-refractivity contribution in [3.63, 3.8) is 0 Å². The molecule has 1 nitrogen and oxygen atoms in total. The molecule has 1 atom stereocenters. The van der Waals surface area contributed by atoms with Crippen molar-refractivity contribution in [2.45, 2.75) is 13.0 Å². The average Bonchev–Trinajstić information content (AvgIpc) is 2.66. The Kier molecular flexibility index (Phi) is 3.36. The Bertz CT molecular complexity index is 478. The van der Waals surface area contributed by atoms with Gasteiger partial charge in [-0.25, -0.2) is 4.39 Å². The van der Waals surface area contributed by atoms with E-state index >= 15 is 0 Å². The minimum atomic E-state index is -0.190. The van der Waals surface area contributed by atoms with Crippen molar-refractivity contribution in [2.75, 3.05) is 7.05 Å². The molecule has 0 aliphatic carbocycles. The van der Waals surface area contributed by atoms with E-state index in [-0.39, 0.29) is 11.9 Å². The van der Waals surface area contributed by atoms with E-state index in [0.29, 0.717) is 0 Å². The van der Waals surface area contributed by atoms with Crippen molar-refractivity contribution < 1.29 is 4.39 Å². The van der Waals surface area contributed by atoms with Gasteiger partial charge in [0.15, 0.2) is 0 Å². The number of benzene rings is 1. The van der Waals surface area contributed by atoms with Crippen LogP contribution < -0.4 is 5.32 Å². The highest BCUT2D eigenvalue weighted by molar-refractivity contribution is 7.10. The maximum atomic E-state index is 13.2. The SMILES string of the molecule is CNC(c1cccc(F)c1)c1csc(C)c1. The van der Waals surface area contributed by atoms with Crippen LogP contribution in [0.1, 0.15) is 22.0 Å². The van der Waals surface area contributed by atoms with Crippen LogP contribution in [0.15, 0.2) is 35.7 Å². The molecule has 0 saturated carbocycles. The molecule has 1 unspecified atom stereocenters. The molecule has 1 aromatic heterocycles. The van der Waals surface area contributed by atoms with Crippen LogP contribution in [0.4, 0.5) is 4.39 Å². The van der Waals surface area contributed by atoms with Crippen LogP contribution in [-0.2, 0) is 0 Å². The van der Waals surface area contributed by atoms with Crippen LogP contribution in [-0.4, -0.2) is 7.05 Å². The van der Waals surface area contributed by atoms with Gasteiger partial charge in [0.25, 0.3) is 0 Å². The zero-order valence-corrected chi connectivity index (χ0v) is 10.1. The lowest BCUT2D eigenvalue weighted by molar-refractivity contribution is 0.617.